The molecule has 0 saturated carbocycles. The third-order valence-corrected chi connectivity index (χ3v) is 2.43. The highest BCUT2D eigenvalue weighted by Crippen LogP contribution is 2.14. The molecule has 0 spiro atoms. The summed E-state index contributed by atoms with van der Waals surface area (Å²) in [6.45, 7) is 0. The van der Waals surface area contributed by atoms with E-state index in [0.717, 1.165) is 0 Å². The van der Waals surface area contributed by atoms with Crippen molar-refractivity contribution in [1.82, 2.24) is 4.72 Å². The topological polar surface area (TPSA) is 78.4 Å². The Morgan fingerprint density at radius 3 is 2.23 bits per heavy atom. The van der Waals surface area contributed by atoms with Gasteiger partial charge in [0.15, 0.2) is 0 Å². The van der Waals surface area contributed by atoms with E-state index in [4.69, 9.17) is 5.11 Å². The van der Waals surface area contributed by atoms with Gasteiger partial charge in [0.1, 0.15) is 5.75 Å². The van der Waals surface area contributed by atoms with E-state index in [9.17, 15) is 8.42 Å². The summed E-state index contributed by atoms with van der Waals surface area (Å²) in [4.78, 5) is 0. The molecule has 0 aliphatic rings. The summed E-state index contributed by atoms with van der Waals surface area (Å²) in [5, 5.41) is 8.92. The SMILES string of the molecule is CNS(=O)(=O)Nc1ccc(O)cc1. The largest absolute Gasteiger partial charge is 0.508 e. The summed E-state index contributed by atoms with van der Waals surface area (Å²) in [6.07, 6.45) is 0. The molecule has 5 nitrogen and oxygen atoms in total. The molecule has 72 valence electrons. The van der Waals surface area contributed by atoms with Crippen LogP contribution in [0, 0.1) is 0 Å². The van der Waals surface area contributed by atoms with Gasteiger partial charge in [0.25, 0.3) is 10.2 Å². The molecule has 1 aromatic rings. The summed E-state index contributed by atoms with van der Waals surface area (Å²) in [5.74, 6) is 0.0902. The highest BCUT2D eigenvalue weighted by Gasteiger charge is 2.04. The Bertz CT molecular complexity index is 371. The number of rotatable bonds is 3. The van der Waals surface area contributed by atoms with Crippen LogP contribution >= 0.6 is 0 Å². The molecule has 13 heavy (non-hydrogen) atoms. The van der Waals surface area contributed by atoms with Crippen LogP contribution in [0.15, 0.2) is 24.3 Å². The van der Waals surface area contributed by atoms with Gasteiger partial charge in [0.2, 0.25) is 0 Å². The van der Waals surface area contributed by atoms with Crippen LogP contribution in [0.4, 0.5) is 5.69 Å². The quantitative estimate of drug-likeness (QED) is 0.615. The van der Waals surface area contributed by atoms with Crippen molar-refractivity contribution < 1.29 is 13.5 Å². The lowest BCUT2D eigenvalue weighted by Crippen LogP contribution is -2.26. The minimum Gasteiger partial charge on any atom is -0.508 e. The molecule has 0 bridgehead atoms. The minimum atomic E-state index is -3.47. The van der Waals surface area contributed by atoms with Crippen molar-refractivity contribution in [3.63, 3.8) is 0 Å². The zero-order chi connectivity index (χ0) is 9.90. The second-order valence-electron chi connectivity index (χ2n) is 2.36. The van der Waals surface area contributed by atoms with Gasteiger partial charge in [-0.25, -0.2) is 4.72 Å². The van der Waals surface area contributed by atoms with E-state index in [-0.39, 0.29) is 5.75 Å². The average molecular weight is 202 g/mol. The van der Waals surface area contributed by atoms with Gasteiger partial charge >= 0.3 is 0 Å². The van der Waals surface area contributed by atoms with Crippen molar-refractivity contribution in [2.24, 2.45) is 0 Å². The fraction of sp³-hybridized carbons (Fsp3) is 0.143. The standard InChI is InChI=1S/C7H10N2O3S/c1-8-13(11,12)9-6-2-4-7(10)5-3-6/h2-5,8-10H,1H3. The first-order valence-corrected chi connectivity index (χ1v) is 5.02. The maximum Gasteiger partial charge on any atom is 0.298 e. The maximum atomic E-state index is 11.0. The number of anilines is 1. The Balaban J connectivity index is 2.82. The number of nitrogens with one attached hydrogen (secondary N) is 2. The zero-order valence-electron chi connectivity index (χ0n) is 6.98. The van der Waals surface area contributed by atoms with Gasteiger partial charge < -0.3 is 5.11 Å². The number of phenolic OH excluding ortho intramolecular Hbond substituents is 1. The van der Waals surface area contributed by atoms with Gasteiger partial charge in [-0.1, -0.05) is 0 Å². The van der Waals surface area contributed by atoms with Crippen molar-refractivity contribution in [3.8, 4) is 5.75 Å². The normalized spacial score (nSPS) is 11.2. The van der Waals surface area contributed by atoms with Crippen LogP contribution in [0.1, 0.15) is 0 Å². The zero-order valence-corrected chi connectivity index (χ0v) is 7.80. The van der Waals surface area contributed by atoms with E-state index in [0.29, 0.717) is 5.69 Å². The first kappa shape index (κ1) is 9.82. The van der Waals surface area contributed by atoms with Gasteiger partial charge in [-0.2, -0.15) is 8.42 Å². The molecule has 3 N–H and O–H groups in total. The van der Waals surface area contributed by atoms with Crippen LogP contribution in [0.3, 0.4) is 0 Å². The van der Waals surface area contributed by atoms with Crippen molar-refractivity contribution in [2.45, 2.75) is 0 Å². The molecule has 0 atom stereocenters. The number of hydrogen-bond acceptors (Lipinski definition) is 3. The molecular formula is C7H10N2O3S. The molecule has 0 amide bonds. The second-order valence-corrected chi connectivity index (χ2v) is 3.98. The molecule has 0 saturated heterocycles. The van der Waals surface area contributed by atoms with E-state index in [2.05, 4.69) is 9.44 Å². The molecule has 0 fully saturated rings. The summed E-state index contributed by atoms with van der Waals surface area (Å²) >= 11 is 0. The van der Waals surface area contributed by atoms with Gasteiger partial charge in [-0.05, 0) is 24.3 Å². The Kier molecular flexibility index (Phi) is 2.74. The third-order valence-electron chi connectivity index (χ3n) is 1.39. The fourth-order valence-corrected chi connectivity index (χ4v) is 1.28. The summed E-state index contributed by atoms with van der Waals surface area (Å²) < 4.78 is 26.3. The number of benzene rings is 1. The molecule has 0 aromatic heterocycles. The number of hydrogen-bond donors (Lipinski definition) is 3. The van der Waals surface area contributed by atoms with E-state index in [1.54, 1.807) is 0 Å². The van der Waals surface area contributed by atoms with Crippen LogP contribution in [-0.4, -0.2) is 20.6 Å². The van der Waals surface area contributed by atoms with Crippen molar-refractivity contribution in [3.05, 3.63) is 24.3 Å². The molecule has 0 heterocycles. The maximum absolute atomic E-state index is 11.0. The number of phenols is 1. The molecule has 0 aliphatic heterocycles. The van der Waals surface area contributed by atoms with Crippen LogP contribution in [0.2, 0.25) is 0 Å². The monoisotopic (exact) mass is 202 g/mol. The average Bonchev–Trinajstić information content (AvgIpc) is 2.09. The van der Waals surface area contributed by atoms with Gasteiger partial charge in [0, 0.05) is 12.7 Å². The minimum absolute atomic E-state index is 0.0902. The Morgan fingerprint density at radius 2 is 1.77 bits per heavy atom. The van der Waals surface area contributed by atoms with E-state index in [1.165, 1.54) is 31.3 Å². The predicted molar refractivity (Wildman–Crippen MR) is 49.7 cm³/mol. The highest BCUT2D eigenvalue weighted by atomic mass is 32.2. The first-order chi connectivity index (χ1) is 6.03. The lowest BCUT2D eigenvalue weighted by molar-refractivity contribution is 0.475. The third kappa shape index (κ3) is 2.92. The second kappa shape index (κ2) is 3.63. The first-order valence-electron chi connectivity index (χ1n) is 3.54. The van der Waals surface area contributed by atoms with Gasteiger partial charge in [0.05, 0.1) is 0 Å². The molecule has 6 heteroatoms. The Hall–Kier alpha value is -1.27. The Labute approximate surface area is 76.6 Å². The summed E-state index contributed by atoms with van der Waals surface area (Å²) in [7, 11) is -2.16. The van der Waals surface area contributed by atoms with Gasteiger partial charge in [-0.3, -0.25) is 4.72 Å². The lowest BCUT2D eigenvalue weighted by Gasteiger charge is -2.05. The van der Waals surface area contributed by atoms with Crippen LogP contribution < -0.4 is 9.44 Å². The molecule has 1 aromatic carbocycles. The summed E-state index contributed by atoms with van der Waals surface area (Å²) in [6, 6.07) is 5.72. The molecule has 0 aliphatic carbocycles. The van der Waals surface area contributed by atoms with E-state index in [1.807, 2.05) is 0 Å². The van der Waals surface area contributed by atoms with Crippen molar-refractivity contribution in [2.75, 3.05) is 11.8 Å². The van der Waals surface area contributed by atoms with E-state index < -0.39 is 10.2 Å². The molecule has 0 radical (unpaired) electrons. The van der Waals surface area contributed by atoms with E-state index >= 15 is 0 Å². The van der Waals surface area contributed by atoms with Crippen molar-refractivity contribution >= 4 is 15.9 Å². The van der Waals surface area contributed by atoms with Crippen molar-refractivity contribution in [1.29, 1.82) is 0 Å². The number of aromatic hydroxyl groups is 1. The molecule has 0 unspecified atom stereocenters. The fourth-order valence-electron chi connectivity index (χ4n) is 0.736. The highest BCUT2D eigenvalue weighted by molar-refractivity contribution is 7.90. The van der Waals surface area contributed by atoms with Gasteiger partial charge in [-0.15, -0.1) is 0 Å². The molecular weight excluding hydrogens is 192 g/mol. The predicted octanol–water partition coefficient (Wildman–Crippen LogP) is 0.268. The van der Waals surface area contributed by atoms with Crippen LogP contribution in [0.25, 0.3) is 0 Å². The molecule has 1 rings (SSSR count). The van der Waals surface area contributed by atoms with Crippen LogP contribution in [-0.2, 0) is 10.2 Å². The smallest absolute Gasteiger partial charge is 0.298 e. The lowest BCUT2D eigenvalue weighted by atomic mass is 10.3. The van der Waals surface area contributed by atoms with Crippen LogP contribution in [0.5, 0.6) is 5.75 Å². The Morgan fingerprint density at radius 1 is 1.23 bits per heavy atom. The summed E-state index contributed by atoms with van der Waals surface area (Å²) in [5.41, 5.74) is 0.396.